The molecular formula is C92H155BrO26. The number of phenolic OH excluding ortho intramolecular Hbond substituents is 6. The maximum absolute atomic E-state index is 11.8. The van der Waals surface area contributed by atoms with Gasteiger partial charge in [-0.25, -0.2) is 28.8 Å². The fraction of sp³-hybridized carbons (Fsp3) is 0.543. The summed E-state index contributed by atoms with van der Waals surface area (Å²) in [4.78, 5) is 68.5. The Morgan fingerprint density at radius 2 is 0.479 bits per heavy atom. The van der Waals surface area contributed by atoms with E-state index in [-0.39, 0.29) is 130 Å². The lowest BCUT2D eigenvalue weighted by molar-refractivity contribution is 0.0516. The minimum absolute atomic E-state index is 0. The Bertz CT molecular complexity index is 3420. The van der Waals surface area contributed by atoms with Gasteiger partial charge in [-0.2, -0.15) is 0 Å². The Morgan fingerprint density at radius 1 is 0.252 bits per heavy atom. The van der Waals surface area contributed by atoms with E-state index in [4.69, 9.17) is 86.7 Å². The molecule has 0 aliphatic heterocycles. The van der Waals surface area contributed by atoms with Crippen LogP contribution in [0.25, 0.3) is 0 Å². The highest BCUT2D eigenvalue weighted by Gasteiger charge is 2.17. The number of benzene rings is 6. The fourth-order valence-corrected chi connectivity index (χ4v) is 8.56. The number of carbonyl (C=O) groups is 6. The monoisotopic (exact) mass is 1750 g/mol. The van der Waals surface area contributed by atoms with E-state index >= 15 is 0 Å². The number of halogens is 1. The molecule has 6 rings (SSSR count). The summed E-state index contributed by atoms with van der Waals surface area (Å²) in [5.74, 6) is -0.776. The molecule has 0 heterocycles. The summed E-state index contributed by atoms with van der Waals surface area (Å²) in [7, 11) is 3.22. The van der Waals surface area contributed by atoms with Crippen molar-refractivity contribution in [2.75, 3.05) is 112 Å². The Balaban J connectivity index is -0.000000146. The van der Waals surface area contributed by atoms with Crippen molar-refractivity contribution in [2.24, 2.45) is 0 Å². The Labute approximate surface area is 723 Å². The van der Waals surface area contributed by atoms with Gasteiger partial charge in [0.05, 0.1) is 113 Å². The Kier molecular flexibility index (Phi) is 92.3. The standard InChI is InChI=1S/C17H26O5.C15H22O5.C14H20O4.C12H16O4.2C9H10O4.C5H11Br.C3H8.8CH4/c1-4-6-7-10-21-15-9-8-14(17(18)20-5-2)13-16(15)22-12-11-19-3;1-4-8-19-13-7-6-12(15(16)18-5-2)11-14(13)20-10-9-17-3;1-3-5-6-9-18-13-8-7-11(10-12(13)15)14(16)17-4-2;1-3-7-16-11-6-5-9(8-10(11)13)12(14)15-4-2;2*1-2-13-9(12)6-3-4-7(10)8(11)5-6;1-2-3-4-5-6;1-3-2;;;;;;;;/h8-9,13H,4-7,10-12H2,1-3H3;6-7,11H,4-5,8-10H2,1-3H3;7-8,10,15H,3-6,9H2,1-2H3;5-6,8,13H,3-4,7H2,1-2H3;2*3-5,10-11H,2H2,1H3;2-5H2,1H3;3H2,1-2H3;8*1H4. The van der Waals surface area contributed by atoms with Crippen LogP contribution in [0.2, 0.25) is 0 Å². The minimum atomic E-state index is -0.516. The van der Waals surface area contributed by atoms with Crippen molar-refractivity contribution in [2.45, 2.75) is 226 Å². The van der Waals surface area contributed by atoms with Crippen LogP contribution in [0, 0.1) is 0 Å². The molecule has 0 saturated heterocycles. The van der Waals surface area contributed by atoms with E-state index < -0.39 is 23.9 Å². The van der Waals surface area contributed by atoms with Gasteiger partial charge in [0.15, 0.2) is 69.0 Å². The average Bonchev–Trinajstić information content (AvgIpc) is 0.843. The number of aromatic hydroxyl groups is 6. The zero-order valence-electron chi connectivity index (χ0n) is 67.7. The van der Waals surface area contributed by atoms with Crippen LogP contribution in [-0.2, 0) is 37.9 Å². The third-order valence-corrected chi connectivity index (χ3v) is 14.1. The van der Waals surface area contributed by atoms with Gasteiger partial charge in [-0.3, -0.25) is 0 Å². The molecule has 0 aliphatic rings. The number of carbonyl (C=O) groups excluding carboxylic acids is 6. The molecular weight excluding hydrogens is 1600 g/mol. The molecule has 0 aliphatic carbocycles. The second-order valence-corrected chi connectivity index (χ2v) is 23.8. The second-order valence-electron chi connectivity index (χ2n) is 23.0. The van der Waals surface area contributed by atoms with Crippen LogP contribution in [0.15, 0.2) is 109 Å². The average molecular weight is 1760 g/mol. The Morgan fingerprint density at radius 3 is 0.714 bits per heavy atom. The molecule has 0 unspecified atom stereocenters. The number of methoxy groups -OCH3 is 2. The Hall–Kier alpha value is -9.86. The van der Waals surface area contributed by atoms with Crippen molar-refractivity contribution in [1.29, 1.82) is 0 Å². The van der Waals surface area contributed by atoms with E-state index in [9.17, 15) is 39.0 Å². The van der Waals surface area contributed by atoms with Crippen LogP contribution >= 0.6 is 15.9 Å². The molecule has 6 aromatic carbocycles. The summed E-state index contributed by atoms with van der Waals surface area (Å²) in [5.41, 5.74) is 1.99. The fourth-order valence-electron chi connectivity index (χ4n) is 8.16. The molecule has 0 bridgehead atoms. The predicted molar refractivity (Wildman–Crippen MR) is 484 cm³/mol. The van der Waals surface area contributed by atoms with Gasteiger partial charge in [-0.1, -0.05) is 169 Å². The van der Waals surface area contributed by atoms with Crippen LogP contribution in [0.5, 0.6) is 69.0 Å². The molecule has 27 heteroatoms. The highest BCUT2D eigenvalue weighted by Crippen LogP contribution is 2.33. The molecule has 119 heavy (non-hydrogen) atoms. The minimum Gasteiger partial charge on any atom is -0.504 e. The number of unbranched alkanes of at least 4 members (excludes halogenated alkanes) is 6. The van der Waals surface area contributed by atoms with Gasteiger partial charge in [-0.15, -0.1) is 0 Å². The van der Waals surface area contributed by atoms with Gasteiger partial charge in [-0.05, 0) is 183 Å². The molecule has 0 fully saturated rings. The van der Waals surface area contributed by atoms with Gasteiger partial charge < -0.3 is 97.0 Å². The lowest BCUT2D eigenvalue weighted by Crippen LogP contribution is -2.09. The van der Waals surface area contributed by atoms with E-state index in [1.165, 1.54) is 67.4 Å². The molecule has 0 atom stereocenters. The molecule has 0 spiro atoms. The van der Waals surface area contributed by atoms with E-state index in [0.717, 1.165) is 63.5 Å². The number of alkyl halides is 1. The van der Waals surface area contributed by atoms with E-state index in [0.29, 0.717) is 136 Å². The number of hydrogen-bond acceptors (Lipinski definition) is 26. The molecule has 0 aromatic heterocycles. The molecule has 686 valence electrons. The second kappa shape index (κ2) is 84.6. The highest BCUT2D eigenvalue weighted by atomic mass is 79.9. The van der Waals surface area contributed by atoms with Crippen molar-refractivity contribution >= 4 is 51.7 Å². The quantitative estimate of drug-likeness (QED) is 0.00686. The topological polar surface area (TPSA) is 353 Å². The summed E-state index contributed by atoms with van der Waals surface area (Å²) in [6.45, 7) is 31.1. The third-order valence-electron chi connectivity index (χ3n) is 13.6. The summed E-state index contributed by atoms with van der Waals surface area (Å²) in [6, 6.07) is 26.7. The largest absolute Gasteiger partial charge is 0.504 e. The van der Waals surface area contributed by atoms with Crippen LogP contribution in [0.4, 0.5) is 0 Å². The number of esters is 6. The number of ether oxygens (including phenoxy) is 14. The van der Waals surface area contributed by atoms with Gasteiger partial charge in [0.25, 0.3) is 0 Å². The summed E-state index contributed by atoms with van der Waals surface area (Å²) >= 11 is 3.35. The summed E-state index contributed by atoms with van der Waals surface area (Å²) in [5, 5.41) is 56.5. The molecule has 0 radical (unpaired) electrons. The van der Waals surface area contributed by atoms with Crippen LogP contribution in [0.3, 0.4) is 0 Å². The zero-order valence-corrected chi connectivity index (χ0v) is 69.3. The van der Waals surface area contributed by atoms with E-state index in [1.807, 2.05) is 13.8 Å². The summed E-state index contributed by atoms with van der Waals surface area (Å²) < 4.78 is 72.2. The van der Waals surface area contributed by atoms with E-state index in [2.05, 4.69) is 50.5 Å². The van der Waals surface area contributed by atoms with Gasteiger partial charge >= 0.3 is 35.8 Å². The molecule has 6 N–H and O–H groups in total. The SMILES string of the molecule is C.C.C.C.C.C.C.C.CCC.CCCCCBr.CCCCCOc1ccc(C(=O)OCC)cc1O.CCCCCOc1ccc(C(=O)OCC)cc1OCCOC.CCCOc1ccc(C(=O)OCC)cc1O.CCCOc1ccc(C(=O)OCC)cc1OCCOC.CCOC(=O)c1ccc(O)c(O)c1.CCOC(=O)c1ccc(O)c(O)c1. The van der Waals surface area contributed by atoms with Crippen LogP contribution in [0.1, 0.15) is 289 Å². The third kappa shape index (κ3) is 59.5. The van der Waals surface area contributed by atoms with Crippen molar-refractivity contribution in [3.05, 3.63) is 143 Å². The molecule has 0 amide bonds. The maximum Gasteiger partial charge on any atom is 0.338 e. The first-order valence-corrected chi connectivity index (χ1v) is 38.9. The molecule has 6 aromatic rings. The smallest absolute Gasteiger partial charge is 0.338 e. The number of hydrogen-bond donors (Lipinski definition) is 6. The van der Waals surface area contributed by atoms with Crippen LogP contribution in [-0.4, -0.2) is 179 Å². The van der Waals surface area contributed by atoms with Crippen LogP contribution < -0.4 is 28.4 Å². The first-order valence-electron chi connectivity index (χ1n) is 37.8. The number of phenols is 6. The summed E-state index contributed by atoms with van der Waals surface area (Å²) in [6.07, 6.45) is 13.5. The normalized spacial score (nSPS) is 9.18. The lowest BCUT2D eigenvalue weighted by Gasteiger charge is -2.14. The lowest BCUT2D eigenvalue weighted by atomic mass is 10.2. The van der Waals surface area contributed by atoms with Gasteiger partial charge in [0, 0.05) is 19.5 Å². The van der Waals surface area contributed by atoms with Crippen molar-refractivity contribution < 1.29 is 126 Å². The van der Waals surface area contributed by atoms with Crippen molar-refractivity contribution in [3.63, 3.8) is 0 Å². The van der Waals surface area contributed by atoms with Gasteiger partial charge in [0.2, 0.25) is 0 Å². The predicted octanol–water partition coefficient (Wildman–Crippen LogP) is 23.3. The molecule has 26 nitrogen and oxygen atoms in total. The van der Waals surface area contributed by atoms with Crippen molar-refractivity contribution in [3.8, 4) is 69.0 Å². The number of rotatable bonds is 39. The van der Waals surface area contributed by atoms with E-state index in [1.54, 1.807) is 116 Å². The van der Waals surface area contributed by atoms with Crippen molar-refractivity contribution in [1.82, 2.24) is 0 Å². The zero-order chi connectivity index (χ0) is 83.6. The maximum atomic E-state index is 11.8. The first-order chi connectivity index (χ1) is 53.4. The highest BCUT2D eigenvalue weighted by molar-refractivity contribution is 9.09. The van der Waals surface area contributed by atoms with Gasteiger partial charge in [0.1, 0.15) is 13.2 Å². The first kappa shape index (κ1) is 130. The molecule has 0 saturated carbocycles.